The Kier molecular flexibility index (Phi) is 5.62. The third kappa shape index (κ3) is 5.24. The Morgan fingerprint density at radius 2 is 2.00 bits per heavy atom. The van der Waals surface area contributed by atoms with Gasteiger partial charge in [-0.15, -0.1) is 0 Å². The largest absolute Gasteiger partial charge is 0.316 e. The van der Waals surface area contributed by atoms with E-state index in [4.69, 9.17) is 0 Å². The lowest BCUT2D eigenvalue weighted by Crippen LogP contribution is -2.43. The number of sulfonamides is 1. The molecule has 0 amide bonds. The van der Waals surface area contributed by atoms with Gasteiger partial charge in [-0.25, -0.2) is 12.7 Å². The fraction of sp³-hybridized carbons (Fsp3) is 1.00. The molecular weight excluding hydrogens is 248 g/mol. The van der Waals surface area contributed by atoms with Gasteiger partial charge in [0, 0.05) is 13.1 Å². The number of nitrogens with one attached hydrogen (secondary N) is 1. The smallest absolute Gasteiger partial charge is 0.214 e. The summed E-state index contributed by atoms with van der Waals surface area (Å²) in [7, 11) is -3.12. The molecule has 1 fully saturated rings. The summed E-state index contributed by atoms with van der Waals surface area (Å²) in [5, 5.41) is 3.34. The number of hydrogen-bond donors (Lipinski definition) is 1. The van der Waals surface area contributed by atoms with Gasteiger partial charge in [0.25, 0.3) is 0 Å². The van der Waals surface area contributed by atoms with Crippen molar-refractivity contribution in [3.05, 3.63) is 0 Å². The predicted molar refractivity (Wildman–Crippen MR) is 76.1 cm³/mol. The van der Waals surface area contributed by atoms with Gasteiger partial charge in [0.05, 0.1) is 5.75 Å². The molecule has 0 spiro atoms. The normalized spacial score (nSPS) is 22.4. The standard InChI is InChI=1S/C13H28N2O2S/c1-5-15(10-12-7-6-8-14-9-12)18(16,17)11-13(2,3)4/h12,14H,5-11H2,1-4H3. The molecule has 1 unspecified atom stereocenters. The monoisotopic (exact) mass is 276 g/mol. The Hall–Kier alpha value is -0.130. The molecule has 1 heterocycles. The van der Waals surface area contributed by atoms with Gasteiger partial charge in [0.15, 0.2) is 0 Å². The minimum atomic E-state index is -3.12. The summed E-state index contributed by atoms with van der Waals surface area (Å²) in [5.74, 6) is 0.696. The Labute approximate surface area is 112 Å². The van der Waals surface area contributed by atoms with E-state index in [1.54, 1.807) is 4.31 Å². The summed E-state index contributed by atoms with van der Waals surface area (Å²) in [6.45, 7) is 11.1. The van der Waals surface area contributed by atoms with Crippen LogP contribution in [0.4, 0.5) is 0 Å². The summed E-state index contributed by atoms with van der Waals surface area (Å²) in [4.78, 5) is 0. The first kappa shape index (κ1) is 15.9. The Balaban J connectivity index is 2.64. The number of rotatable bonds is 5. The molecule has 0 aromatic carbocycles. The molecule has 1 atom stereocenters. The van der Waals surface area contributed by atoms with Crippen LogP contribution in [-0.4, -0.2) is 44.7 Å². The molecule has 1 aliphatic heterocycles. The van der Waals surface area contributed by atoms with Crippen LogP contribution in [0, 0.1) is 11.3 Å². The van der Waals surface area contributed by atoms with E-state index < -0.39 is 10.0 Å². The minimum Gasteiger partial charge on any atom is -0.316 e. The molecule has 0 aliphatic carbocycles. The van der Waals surface area contributed by atoms with Crippen molar-refractivity contribution in [2.75, 3.05) is 31.9 Å². The molecule has 1 aliphatic rings. The SMILES string of the molecule is CCN(CC1CCCNC1)S(=O)(=O)CC(C)(C)C. The first-order valence-electron chi connectivity index (χ1n) is 6.93. The molecule has 0 radical (unpaired) electrons. The average molecular weight is 276 g/mol. The van der Waals surface area contributed by atoms with Gasteiger partial charge in [0.2, 0.25) is 10.0 Å². The van der Waals surface area contributed by atoms with Crippen molar-refractivity contribution in [3.8, 4) is 0 Å². The van der Waals surface area contributed by atoms with Crippen LogP contribution >= 0.6 is 0 Å². The van der Waals surface area contributed by atoms with E-state index in [2.05, 4.69) is 5.32 Å². The fourth-order valence-corrected chi connectivity index (χ4v) is 4.55. The topological polar surface area (TPSA) is 49.4 Å². The van der Waals surface area contributed by atoms with Gasteiger partial charge < -0.3 is 5.32 Å². The number of nitrogens with zero attached hydrogens (tertiary/aromatic N) is 1. The van der Waals surface area contributed by atoms with E-state index in [9.17, 15) is 8.42 Å². The van der Waals surface area contributed by atoms with Gasteiger partial charge in [-0.05, 0) is 37.3 Å². The Morgan fingerprint density at radius 3 is 2.44 bits per heavy atom. The summed E-state index contributed by atoms with van der Waals surface area (Å²) in [6.07, 6.45) is 2.29. The fourth-order valence-electron chi connectivity index (χ4n) is 2.45. The van der Waals surface area contributed by atoms with Crippen LogP contribution in [0.1, 0.15) is 40.5 Å². The van der Waals surface area contributed by atoms with Crippen molar-refractivity contribution in [2.45, 2.75) is 40.5 Å². The van der Waals surface area contributed by atoms with E-state index in [1.165, 1.54) is 0 Å². The molecule has 0 aromatic heterocycles. The van der Waals surface area contributed by atoms with Crippen molar-refractivity contribution >= 4 is 10.0 Å². The third-order valence-corrected chi connectivity index (χ3v) is 5.65. The summed E-state index contributed by atoms with van der Waals surface area (Å²) in [6, 6.07) is 0. The van der Waals surface area contributed by atoms with Gasteiger partial charge in [-0.1, -0.05) is 27.7 Å². The molecule has 18 heavy (non-hydrogen) atoms. The molecule has 0 aromatic rings. The molecule has 4 nitrogen and oxygen atoms in total. The second kappa shape index (κ2) is 6.35. The Bertz CT molecular complexity index is 340. The molecule has 1 saturated heterocycles. The van der Waals surface area contributed by atoms with E-state index >= 15 is 0 Å². The highest BCUT2D eigenvalue weighted by Crippen LogP contribution is 2.20. The van der Waals surface area contributed by atoms with Crippen molar-refractivity contribution in [2.24, 2.45) is 11.3 Å². The van der Waals surface area contributed by atoms with Crippen LogP contribution in [0.25, 0.3) is 0 Å². The Morgan fingerprint density at radius 1 is 1.33 bits per heavy atom. The van der Waals surface area contributed by atoms with E-state index in [-0.39, 0.29) is 11.2 Å². The average Bonchev–Trinajstić information content (AvgIpc) is 2.23. The van der Waals surface area contributed by atoms with Crippen molar-refractivity contribution < 1.29 is 8.42 Å². The lowest BCUT2D eigenvalue weighted by molar-refractivity contribution is 0.294. The molecule has 0 saturated carbocycles. The molecule has 1 N–H and O–H groups in total. The van der Waals surface area contributed by atoms with Crippen LogP contribution in [0.15, 0.2) is 0 Å². The number of piperidine rings is 1. The van der Waals surface area contributed by atoms with E-state index in [1.807, 2.05) is 27.7 Å². The van der Waals surface area contributed by atoms with E-state index in [0.717, 1.165) is 25.9 Å². The van der Waals surface area contributed by atoms with Crippen LogP contribution < -0.4 is 5.32 Å². The van der Waals surface area contributed by atoms with Crippen LogP contribution in [0.2, 0.25) is 0 Å². The number of hydrogen-bond acceptors (Lipinski definition) is 3. The van der Waals surface area contributed by atoms with Gasteiger partial charge in [-0.3, -0.25) is 0 Å². The highest BCUT2D eigenvalue weighted by molar-refractivity contribution is 7.89. The quantitative estimate of drug-likeness (QED) is 0.831. The van der Waals surface area contributed by atoms with Crippen molar-refractivity contribution in [1.29, 1.82) is 0 Å². The molecular formula is C13H28N2O2S. The second-order valence-electron chi connectivity index (χ2n) is 6.48. The molecule has 5 heteroatoms. The maximum Gasteiger partial charge on any atom is 0.214 e. The van der Waals surface area contributed by atoms with Gasteiger partial charge in [-0.2, -0.15) is 0 Å². The molecule has 108 valence electrons. The highest BCUT2D eigenvalue weighted by Gasteiger charge is 2.29. The minimum absolute atomic E-state index is 0.183. The van der Waals surface area contributed by atoms with Crippen LogP contribution in [0.3, 0.4) is 0 Å². The van der Waals surface area contributed by atoms with Crippen LogP contribution in [-0.2, 0) is 10.0 Å². The third-order valence-electron chi connectivity index (χ3n) is 3.22. The van der Waals surface area contributed by atoms with Gasteiger partial charge in [0.1, 0.15) is 0 Å². The lowest BCUT2D eigenvalue weighted by atomic mass is 10.00. The highest BCUT2D eigenvalue weighted by atomic mass is 32.2. The molecule has 1 rings (SSSR count). The van der Waals surface area contributed by atoms with Gasteiger partial charge >= 0.3 is 0 Å². The maximum absolute atomic E-state index is 12.4. The second-order valence-corrected chi connectivity index (χ2v) is 8.45. The predicted octanol–water partition coefficient (Wildman–Crippen LogP) is 1.68. The molecule has 0 bridgehead atoms. The zero-order valence-electron chi connectivity index (χ0n) is 12.2. The van der Waals surface area contributed by atoms with Crippen molar-refractivity contribution in [1.82, 2.24) is 9.62 Å². The zero-order valence-corrected chi connectivity index (χ0v) is 13.0. The summed E-state index contributed by atoms with van der Waals surface area (Å²) in [5.41, 5.74) is -0.183. The maximum atomic E-state index is 12.4. The summed E-state index contributed by atoms with van der Waals surface area (Å²) < 4.78 is 26.4. The van der Waals surface area contributed by atoms with Crippen molar-refractivity contribution in [3.63, 3.8) is 0 Å². The van der Waals surface area contributed by atoms with E-state index in [0.29, 0.717) is 19.0 Å². The zero-order chi connectivity index (χ0) is 13.8. The lowest BCUT2D eigenvalue weighted by Gasteiger charge is -2.30. The first-order chi connectivity index (χ1) is 8.24. The van der Waals surface area contributed by atoms with Crippen LogP contribution in [0.5, 0.6) is 0 Å². The first-order valence-corrected chi connectivity index (χ1v) is 8.54. The summed E-state index contributed by atoms with van der Waals surface area (Å²) >= 11 is 0.